The maximum Gasteiger partial charge on any atom is 0.222 e. The van der Waals surface area contributed by atoms with E-state index in [1.165, 1.54) is 32.1 Å². The van der Waals surface area contributed by atoms with Crippen molar-refractivity contribution in [2.75, 3.05) is 26.7 Å². The fraction of sp³-hybridized carbons (Fsp3) is 0.933. The smallest absolute Gasteiger partial charge is 0.222 e. The molecule has 0 aromatic rings. The summed E-state index contributed by atoms with van der Waals surface area (Å²) in [6, 6.07) is 0. The summed E-state index contributed by atoms with van der Waals surface area (Å²) in [7, 11) is 2.00. The van der Waals surface area contributed by atoms with E-state index >= 15 is 0 Å². The molecule has 2 saturated carbocycles. The Morgan fingerprint density at radius 1 is 1.28 bits per heavy atom. The van der Waals surface area contributed by atoms with Crippen molar-refractivity contribution >= 4 is 5.91 Å². The van der Waals surface area contributed by atoms with E-state index in [0.717, 1.165) is 43.8 Å². The number of carbonyl (C=O) groups is 1. The second kappa shape index (κ2) is 5.20. The molecule has 0 radical (unpaired) electrons. The highest BCUT2D eigenvalue weighted by molar-refractivity contribution is 5.76. The molecule has 3 nitrogen and oxygen atoms in total. The standard InChI is InChI=1S/C15H26N2O/c1-16-9-12-4-5-17(10-12)15(18)8-14-7-11-2-3-13(14)6-11/h11-14,16H,2-10H2,1H3. The van der Waals surface area contributed by atoms with Crippen LogP contribution in [0.25, 0.3) is 0 Å². The van der Waals surface area contributed by atoms with Crippen LogP contribution in [0.2, 0.25) is 0 Å². The first-order valence-electron chi connectivity index (χ1n) is 7.68. The average molecular weight is 250 g/mol. The van der Waals surface area contributed by atoms with Crippen LogP contribution in [-0.2, 0) is 4.79 Å². The van der Waals surface area contributed by atoms with Gasteiger partial charge in [-0.2, -0.15) is 0 Å². The quantitative estimate of drug-likeness (QED) is 0.826. The van der Waals surface area contributed by atoms with E-state index in [-0.39, 0.29) is 0 Å². The second-order valence-corrected chi connectivity index (χ2v) is 6.69. The van der Waals surface area contributed by atoms with Crippen molar-refractivity contribution in [1.82, 2.24) is 10.2 Å². The number of carbonyl (C=O) groups excluding carboxylic acids is 1. The Kier molecular flexibility index (Phi) is 3.60. The van der Waals surface area contributed by atoms with Gasteiger partial charge in [0.25, 0.3) is 0 Å². The van der Waals surface area contributed by atoms with Crippen molar-refractivity contribution in [1.29, 1.82) is 0 Å². The van der Waals surface area contributed by atoms with Crippen LogP contribution >= 0.6 is 0 Å². The zero-order chi connectivity index (χ0) is 12.5. The molecule has 4 unspecified atom stereocenters. The SMILES string of the molecule is CNCC1CCN(C(=O)CC2CC3CCC2C3)C1. The molecule has 3 rings (SSSR count). The molecule has 2 aliphatic carbocycles. The van der Waals surface area contributed by atoms with Crippen LogP contribution in [0.15, 0.2) is 0 Å². The lowest BCUT2D eigenvalue weighted by Crippen LogP contribution is -2.32. The minimum Gasteiger partial charge on any atom is -0.342 e. The van der Waals surface area contributed by atoms with Gasteiger partial charge in [-0.1, -0.05) is 6.42 Å². The predicted octanol–water partition coefficient (Wildman–Crippen LogP) is 1.88. The molecule has 1 amide bonds. The third kappa shape index (κ3) is 2.42. The molecule has 3 aliphatic rings. The van der Waals surface area contributed by atoms with Gasteiger partial charge in [-0.3, -0.25) is 4.79 Å². The predicted molar refractivity (Wildman–Crippen MR) is 72.2 cm³/mol. The highest BCUT2D eigenvalue weighted by Crippen LogP contribution is 2.49. The van der Waals surface area contributed by atoms with E-state index in [4.69, 9.17) is 0 Å². The monoisotopic (exact) mass is 250 g/mol. The highest BCUT2D eigenvalue weighted by Gasteiger charge is 2.41. The van der Waals surface area contributed by atoms with Crippen LogP contribution in [-0.4, -0.2) is 37.5 Å². The van der Waals surface area contributed by atoms with E-state index in [1.54, 1.807) is 0 Å². The van der Waals surface area contributed by atoms with E-state index in [1.807, 2.05) is 7.05 Å². The molecule has 2 bridgehead atoms. The number of hydrogen-bond donors (Lipinski definition) is 1. The summed E-state index contributed by atoms with van der Waals surface area (Å²) in [4.78, 5) is 14.5. The number of fused-ring (bicyclic) bond motifs is 2. The summed E-state index contributed by atoms with van der Waals surface area (Å²) in [5, 5.41) is 3.23. The largest absolute Gasteiger partial charge is 0.342 e. The normalized spacial score (nSPS) is 38.6. The number of rotatable bonds is 4. The van der Waals surface area contributed by atoms with Crippen LogP contribution in [0.5, 0.6) is 0 Å². The molecule has 1 saturated heterocycles. The number of nitrogens with one attached hydrogen (secondary N) is 1. The first-order chi connectivity index (χ1) is 8.76. The van der Waals surface area contributed by atoms with E-state index in [9.17, 15) is 4.79 Å². The van der Waals surface area contributed by atoms with Crippen molar-refractivity contribution < 1.29 is 4.79 Å². The Hall–Kier alpha value is -0.570. The van der Waals surface area contributed by atoms with Crippen LogP contribution < -0.4 is 5.32 Å². The van der Waals surface area contributed by atoms with Crippen molar-refractivity contribution in [3.8, 4) is 0 Å². The number of nitrogens with zero attached hydrogens (tertiary/aromatic N) is 1. The summed E-state index contributed by atoms with van der Waals surface area (Å²) in [5.41, 5.74) is 0. The van der Waals surface area contributed by atoms with Crippen molar-refractivity contribution in [3.05, 3.63) is 0 Å². The van der Waals surface area contributed by atoms with Crippen molar-refractivity contribution in [2.24, 2.45) is 23.7 Å². The molecule has 3 fully saturated rings. The lowest BCUT2D eigenvalue weighted by molar-refractivity contribution is -0.131. The molecule has 3 heteroatoms. The first-order valence-corrected chi connectivity index (χ1v) is 7.68. The van der Waals surface area contributed by atoms with Crippen LogP contribution in [0.4, 0.5) is 0 Å². The van der Waals surface area contributed by atoms with Crippen molar-refractivity contribution in [2.45, 2.75) is 38.5 Å². The molecule has 4 atom stereocenters. The minimum atomic E-state index is 0.436. The van der Waals surface area contributed by atoms with Crippen LogP contribution in [0, 0.1) is 23.7 Å². The molecular formula is C15H26N2O. The Balaban J connectivity index is 1.47. The lowest BCUT2D eigenvalue weighted by atomic mass is 9.86. The molecule has 1 aliphatic heterocycles. The molecule has 102 valence electrons. The van der Waals surface area contributed by atoms with Gasteiger partial charge in [-0.05, 0) is 62.9 Å². The maximum absolute atomic E-state index is 12.3. The number of likely N-dealkylation sites (tertiary alicyclic amines) is 1. The third-order valence-corrected chi connectivity index (χ3v) is 5.45. The maximum atomic E-state index is 12.3. The number of hydrogen-bond acceptors (Lipinski definition) is 2. The molecule has 1 heterocycles. The van der Waals surface area contributed by atoms with Gasteiger partial charge in [0.15, 0.2) is 0 Å². The fourth-order valence-electron chi connectivity index (χ4n) is 4.49. The van der Waals surface area contributed by atoms with Crippen LogP contribution in [0.3, 0.4) is 0 Å². The summed E-state index contributed by atoms with van der Waals surface area (Å²) in [6.07, 6.45) is 7.61. The van der Waals surface area contributed by atoms with Gasteiger partial charge < -0.3 is 10.2 Å². The summed E-state index contributed by atoms with van der Waals surface area (Å²) in [6.45, 7) is 3.03. The van der Waals surface area contributed by atoms with Gasteiger partial charge in [0.1, 0.15) is 0 Å². The Bertz CT molecular complexity index is 318. The van der Waals surface area contributed by atoms with E-state index < -0.39 is 0 Å². The average Bonchev–Trinajstić information content (AvgIpc) is 3.04. The van der Waals surface area contributed by atoms with Gasteiger partial charge in [0.2, 0.25) is 5.91 Å². The molecule has 18 heavy (non-hydrogen) atoms. The first kappa shape index (κ1) is 12.5. The molecule has 0 aromatic carbocycles. The molecule has 0 aromatic heterocycles. The Morgan fingerprint density at radius 2 is 2.17 bits per heavy atom. The highest BCUT2D eigenvalue weighted by atomic mass is 16.2. The van der Waals surface area contributed by atoms with Crippen molar-refractivity contribution in [3.63, 3.8) is 0 Å². The topological polar surface area (TPSA) is 32.3 Å². The fourth-order valence-corrected chi connectivity index (χ4v) is 4.49. The summed E-state index contributed by atoms with van der Waals surface area (Å²) >= 11 is 0. The van der Waals surface area contributed by atoms with Gasteiger partial charge in [0, 0.05) is 19.5 Å². The van der Waals surface area contributed by atoms with E-state index in [2.05, 4.69) is 10.2 Å². The van der Waals surface area contributed by atoms with Gasteiger partial charge in [-0.15, -0.1) is 0 Å². The van der Waals surface area contributed by atoms with Gasteiger partial charge in [-0.25, -0.2) is 0 Å². The third-order valence-electron chi connectivity index (χ3n) is 5.45. The molecule has 1 N–H and O–H groups in total. The van der Waals surface area contributed by atoms with Gasteiger partial charge >= 0.3 is 0 Å². The minimum absolute atomic E-state index is 0.436. The van der Waals surface area contributed by atoms with Gasteiger partial charge in [0.05, 0.1) is 0 Å². The second-order valence-electron chi connectivity index (χ2n) is 6.69. The molecule has 0 spiro atoms. The number of amides is 1. The summed E-state index contributed by atoms with van der Waals surface area (Å²) < 4.78 is 0. The zero-order valence-electron chi connectivity index (χ0n) is 11.5. The Labute approximate surface area is 110 Å². The zero-order valence-corrected chi connectivity index (χ0v) is 11.5. The van der Waals surface area contributed by atoms with E-state index in [0.29, 0.717) is 11.8 Å². The lowest BCUT2D eigenvalue weighted by Gasteiger charge is -2.24. The summed E-state index contributed by atoms with van der Waals surface area (Å²) in [5.74, 6) is 3.68. The Morgan fingerprint density at radius 3 is 2.83 bits per heavy atom. The molecular weight excluding hydrogens is 224 g/mol. The van der Waals surface area contributed by atoms with Crippen LogP contribution in [0.1, 0.15) is 38.5 Å².